The van der Waals surface area contributed by atoms with Gasteiger partial charge in [0.2, 0.25) is 5.91 Å². The van der Waals surface area contributed by atoms with Gasteiger partial charge in [-0.15, -0.1) is 0 Å². The first-order chi connectivity index (χ1) is 6.79. The van der Waals surface area contributed by atoms with Gasteiger partial charge in [0.15, 0.2) is 0 Å². The Hall–Kier alpha value is -1.04. The topological polar surface area (TPSA) is 44.1 Å². The van der Waals surface area contributed by atoms with Crippen LogP contribution in [0.4, 0.5) is 0 Å². The van der Waals surface area contributed by atoms with E-state index < -0.39 is 0 Å². The first kappa shape index (κ1) is 11.0. The van der Waals surface area contributed by atoms with Crippen molar-refractivity contribution in [3.05, 3.63) is 0 Å². The molecule has 0 aromatic carbocycles. The third-order valence-electron chi connectivity index (χ3n) is 2.89. The normalized spacial score (nSPS) is 16.6. The van der Waals surface area contributed by atoms with E-state index in [-0.39, 0.29) is 11.8 Å². The molecule has 0 heterocycles. The first-order valence-corrected chi connectivity index (χ1v) is 5.45. The number of hydrogen-bond acceptors (Lipinski definition) is 2. The van der Waals surface area contributed by atoms with Crippen LogP contribution in [0.5, 0.6) is 0 Å². The van der Waals surface area contributed by atoms with Gasteiger partial charge in [-0.1, -0.05) is 12.8 Å². The molecule has 1 aliphatic carbocycles. The smallest absolute Gasteiger partial charge is 0.225 e. The highest BCUT2D eigenvalue weighted by Gasteiger charge is 2.25. The largest absolute Gasteiger partial charge is 0.342 e. The monoisotopic (exact) mass is 194 g/mol. The summed E-state index contributed by atoms with van der Waals surface area (Å²) in [6.45, 7) is 3.31. The third kappa shape index (κ3) is 2.73. The van der Waals surface area contributed by atoms with Crippen molar-refractivity contribution in [3.63, 3.8) is 0 Å². The molecule has 0 bridgehead atoms. The van der Waals surface area contributed by atoms with Crippen molar-refractivity contribution in [1.82, 2.24) is 4.90 Å². The van der Waals surface area contributed by atoms with Crippen molar-refractivity contribution < 1.29 is 4.79 Å². The number of rotatable bonds is 4. The minimum absolute atomic E-state index is 0.244. The van der Waals surface area contributed by atoms with Crippen molar-refractivity contribution in [1.29, 1.82) is 5.26 Å². The molecule has 1 aliphatic rings. The summed E-state index contributed by atoms with van der Waals surface area (Å²) < 4.78 is 0. The summed E-state index contributed by atoms with van der Waals surface area (Å²) in [7, 11) is 0. The number of nitrogens with zero attached hydrogens (tertiary/aromatic N) is 2. The van der Waals surface area contributed by atoms with Crippen LogP contribution >= 0.6 is 0 Å². The minimum atomic E-state index is 0.244. The van der Waals surface area contributed by atoms with E-state index in [4.69, 9.17) is 5.26 Å². The van der Waals surface area contributed by atoms with Crippen molar-refractivity contribution in [2.45, 2.75) is 39.0 Å². The summed E-state index contributed by atoms with van der Waals surface area (Å²) in [6.07, 6.45) is 4.91. The zero-order valence-electron chi connectivity index (χ0n) is 8.83. The van der Waals surface area contributed by atoms with Gasteiger partial charge in [0.1, 0.15) is 0 Å². The van der Waals surface area contributed by atoms with Crippen LogP contribution in [-0.2, 0) is 4.79 Å². The van der Waals surface area contributed by atoms with Gasteiger partial charge in [0, 0.05) is 19.0 Å². The van der Waals surface area contributed by atoms with Gasteiger partial charge in [0.25, 0.3) is 0 Å². The number of carbonyl (C=O) groups is 1. The van der Waals surface area contributed by atoms with E-state index in [2.05, 4.69) is 6.07 Å². The second-order valence-corrected chi connectivity index (χ2v) is 3.81. The highest BCUT2D eigenvalue weighted by atomic mass is 16.2. The Morgan fingerprint density at radius 1 is 1.50 bits per heavy atom. The SMILES string of the molecule is CCN(CCC#N)C(=O)C1CCCC1. The summed E-state index contributed by atoms with van der Waals surface area (Å²) in [6, 6.07) is 2.08. The van der Waals surface area contributed by atoms with Crippen LogP contribution in [0, 0.1) is 17.2 Å². The van der Waals surface area contributed by atoms with E-state index in [0.717, 1.165) is 19.4 Å². The van der Waals surface area contributed by atoms with Crippen molar-refractivity contribution in [2.75, 3.05) is 13.1 Å². The van der Waals surface area contributed by atoms with E-state index in [9.17, 15) is 4.79 Å². The molecule has 1 amide bonds. The summed E-state index contributed by atoms with van der Waals surface area (Å²) >= 11 is 0. The molecule has 1 rings (SSSR count). The molecular weight excluding hydrogens is 176 g/mol. The number of amides is 1. The maximum atomic E-state index is 11.9. The highest BCUT2D eigenvalue weighted by molar-refractivity contribution is 5.79. The highest BCUT2D eigenvalue weighted by Crippen LogP contribution is 2.26. The number of hydrogen-bond donors (Lipinski definition) is 0. The van der Waals surface area contributed by atoms with Gasteiger partial charge in [-0.25, -0.2) is 0 Å². The van der Waals surface area contributed by atoms with Crippen molar-refractivity contribution >= 4 is 5.91 Å². The van der Waals surface area contributed by atoms with E-state index in [0.29, 0.717) is 13.0 Å². The lowest BCUT2D eigenvalue weighted by atomic mass is 10.1. The molecule has 0 aromatic heterocycles. The molecule has 0 N–H and O–H groups in total. The second-order valence-electron chi connectivity index (χ2n) is 3.81. The molecule has 1 saturated carbocycles. The van der Waals surface area contributed by atoms with E-state index in [1.165, 1.54) is 12.8 Å². The zero-order valence-corrected chi connectivity index (χ0v) is 8.83. The summed E-state index contributed by atoms with van der Waals surface area (Å²) in [5, 5.41) is 8.47. The van der Waals surface area contributed by atoms with Crippen LogP contribution in [0.3, 0.4) is 0 Å². The average molecular weight is 194 g/mol. The Bertz CT molecular complexity index is 226. The predicted molar refractivity (Wildman–Crippen MR) is 54.4 cm³/mol. The predicted octanol–water partition coefficient (Wildman–Crippen LogP) is 1.94. The zero-order chi connectivity index (χ0) is 10.4. The van der Waals surface area contributed by atoms with E-state index in [1.807, 2.05) is 11.8 Å². The molecule has 14 heavy (non-hydrogen) atoms. The Labute approximate surface area is 85.7 Å². The molecular formula is C11H18N2O. The molecule has 0 unspecified atom stereocenters. The summed E-state index contributed by atoms with van der Waals surface area (Å²) in [5.74, 6) is 0.508. The third-order valence-corrected chi connectivity index (χ3v) is 2.89. The van der Waals surface area contributed by atoms with Crippen molar-refractivity contribution in [2.24, 2.45) is 5.92 Å². The van der Waals surface area contributed by atoms with Crippen LogP contribution < -0.4 is 0 Å². The second kappa shape index (κ2) is 5.64. The number of nitriles is 1. The fourth-order valence-corrected chi connectivity index (χ4v) is 2.04. The lowest BCUT2D eigenvalue weighted by molar-refractivity contribution is -0.135. The minimum Gasteiger partial charge on any atom is -0.342 e. The van der Waals surface area contributed by atoms with Crippen LogP contribution in [0.15, 0.2) is 0 Å². The van der Waals surface area contributed by atoms with E-state index in [1.54, 1.807) is 0 Å². The van der Waals surface area contributed by atoms with Crippen LogP contribution in [0.25, 0.3) is 0 Å². The molecule has 78 valence electrons. The van der Waals surface area contributed by atoms with Crippen LogP contribution in [-0.4, -0.2) is 23.9 Å². The van der Waals surface area contributed by atoms with Gasteiger partial charge < -0.3 is 4.90 Å². The lowest BCUT2D eigenvalue weighted by Crippen LogP contribution is -2.35. The molecule has 1 fully saturated rings. The number of carbonyl (C=O) groups excluding carboxylic acids is 1. The fraction of sp³-hybridized carbons (Fsp3) is 0.818. The lowest BCUT2D eigenvalue weighted by Gasteiger charge is -2.22. The van der Waals surface area contributed by atoms with Gasteiger partial charge in [-0.05, 0) is 19.8 Å². The fourth-order valence-electron chi connectivity index (χ4n) is 2.04. The van der Waals surface area contributed by atoms with Crippen molar-refractivity contribution in [3.8, 4) is 6.07 Å². The van der Waals surface area contributed by atoms with Gasteiger partial charge in [0.05, 0.1) is 12.5 Å². The van der Waals surface area contributed by atoms with Crippen LogP contribution in [0.1, 0.15) is 39.0 Å². The van der Waals surface area contributed by atoms with Crippen LogP contribution in [0.2, 0.25) is 0 Å². The molecule has 3 nitrogen and oxygen atoms in total. The molecule has 0 saturated heterocycles. The molecule has 0 atom stereocenters. The maximum Gasteiger partial charge on any atom is 0.225 e. The Morgan fingerprint density at radius 2 is 2.14 bits per heavy atom. The maximum absolute atomic E-state index is 11.9. The molecule has 0 spiro atoms. The van der Waals surface area contributed by atoms with E-state index >= 15 is 0 Å². The Balaban J connectivity index is 2.42. The quantitative estimate of drug-likeness (QED) is 0.686. The Kier molecular flexibility index (Phi) is 4.45. The van der Waals surface area contributed by atoms with Gasteiger partial charge in [-0.2, -0.15) is 5.26 Å². The molecule has 0 aromatic rings. The molecule has 3 heteroatoms. The first-order valence-electron chi connectivity index (χ1n) is 5.45. The molecule has 0 aliphatic heterocycles. The summed E-state index contributed by atoms with van der Waals surface area (Å²) in [5.41, 5.74) is 0. The standard InChI is InChI=1S/C11H18N2O/c1-2-13(9-5-8-12)11(14)10-6-3-4-7-10/h10H,2-7,9H2,1H3. The molecule has 0 radical (unpaired) electrons. The average Bonchev–Trinajstić information content (AvgIpc) is 2.71. The summed E-state index contributed by atoms with van der Waals surface area (Å²) in [4.78, 5) is 13.7. The van der Waals surface area contributed by atoms with Gasteiger partial charge in [-0.3, -0.25) is 4.79 Å². The van der Waals surface area contributed by atoms with Gasteiger partial charge >= 0.3 is 0 Å². The Morgan fingerprint density at radius 3 is 2.64 bits per heavy atom.